The van der Waals surface area contributed by atoms with Gasteiger partial charge in [0.25, 0.3) is 0 Å². The molecule has 0 N–H and O–H groups in total. The van der Waals surface area contributed by atoms with E-state index in [1.165, 1.54) is 4.80 Å². The summed E-state index contributed by atoms with van der Waals surface area (Å²) in [6, 6.07) is 5.65. The summed E-state index contributed by atoms with van der Waals surface area (Å²) in [4.78, 5) is 6.76. The van der Waals surface area contributed by atoms with Crippen LogP contribution in [0.15, 0.2) is 29.8 Å². The molecule has 7 nitrogen and oxygen atoms in total. The van der Waals surface area contributed by atoms with Crippen molar-refractivity contribution >= 4 is 11.3 Å². The van der Waals surface area contributed by atoms with Crippen molar-refractivity contribution in [2.24, 2.45) is 0 Å². The van der Waals surface area contributed by atoms with Crippen molar-refractivity contribution in [2.45, 2.75) is 6.54 Å². The van der Waals surface area contributed by atoms with Crippen LogP contribution in [-0.4, -0.2) is 39.4 Å². The Labute approximate surface area is 125 Å². The quantitative estimate of drug-likeness (QED) is 0.716. The van der Waals surface area contributed by atoms with Gasteiger partial charge in [0.1, 0.15) is 12.2 Å². The van der Waals surface area contributed by atoms with Crippen LogP contribution in [-0.2, 0) is 6.54 Å². The predicted molar refractivity (Wildman–Crippen MR) is 77.6 cm³/mol. The minimum atomic E-state index is 0.360. The molecule has 0 saturated heterocycles. The van der Waals surface area contributed by atoms with Crippen LogP contribution in [0.4, 0.5) is 0 Å². The molecule has 0 spiro atoms. The number of nitrogens with zero attached hydrogens (tertiary/aromatic N) is 5. The van der Waals surface area contributed by atoms with Gasteiger partial charge in [0.2, 0.25) is 5.82 Å². The maximum Gasteiger partial charge on any atom is 0.214 e. The van der Waals surface area contributed by atoms with Crippen molar-refractivity contribution in [3.63, 3.8) is 0 Å². The first-order valence-corrected chi connectivity index (χ1v) is 7.07. The Kier molecular flexibility index (Phi) is 3.78. The highest BCUT2D eigenvalue weighted by atomic mass is 32.1. The highest BCUT2D eigenvalue weighted by molar-refractivity contribution is 7.13. The van der Waals surface area contributed by atoms with E-state index in [0.29, 0.717) is 29.6 Å². The lowest BCUT2D eigenvalue weighted by molar-refractivity contribution is 0.347. The molecule has 0 atom stereocenters. The summed E-state index contributed by atoms with van der Waals surface area (Å²) in [6.07, 6.45) is 1.66. The van der Waals surface area contributed by atoms with Gasteiger partial charge in [-0.1, -0.05) is 6.07 Å². The summed E-state index contributed by atoms with van der Waals surface area (Å²) in [7, 11) is 3.17. The molecule has 3 heterocycles. The van der Waals surface area contributed by atoms with Crippen LogP contribution in [0.3, 0.4) is 0 Å². The second kappa shape index (κ2) is 5.88. The first-order chi connectivity index (χ1) is 10.3. The van der Waals surface area contributed by atoms with Crippen LogP contribution in [0.25, 0.3) is 10.7 Å². The lowest BCUT2D eigenvalue weighted by Crippen LogP contribution is -2.08. The van der Waals surface area contributed by atoms with Crippen LogP contribution < -0.4 is 9.47 Å². The number of pyridine rings is 1. The minimum Gasteiger partial charge on any atom is -0.493 e. The third-order valence-electron chi connectivity index (χ3n) is 2.85. The topological polar surface area (TPSA) is 75.0 Å². The molecule has 8 heteroatoms. The van der Waals surface area contributed by atoms with E-state index in [1.54, 1.807) is 37.8 Å². The Balaban J connectivity index is 1.87. The Morgan fingerprint density at radius 1 is 1.24 bits per heavy atom. The van der Waals surface area contributed by atoms with Crippen molar-refractivity contribution in [3.8, 4) is 22.2 Å². The smallest absolute Gasteiger partial charge is 0.214 e. The zero-order valence-corrected chi connectivity index (χ0v) is 12.4. The van der Waals surface area contributed by atoms with Crippen LogP contribution in [0.1, 0.15) is 5.69 Å². The lowest BCUT2D eigenvalue weighted by Gasteiger charge is -2.10. The van der Waals surface area contributed by atoms with Gasteiger partial charge in [-0.3, -0.25) is 4.98 Å². The number of rotatable bonds is 5. The number of hydrogen-bond acceptors (Lipinski definition) is 7. The monoisotopic (exact) mass is 303 g/mol. The van der Waals surface area contributed by atoms with E-state index in [-0.39, 0.29) is 0 Å². The van der Waals surface area contributed by atoms with E-state index in [9.17, 15) is 0 Å². The van der Waals surface area contributed by atoms with E-state index < -0.39 is 0 Å². The van der Waals surface area contributed by atoms with Crippen LogP contribution in [0.5, 0.6) is 11.5 Å². The van der Waals surface area contributed by atoms with Gasteiger partial charge in [0.15, 0.2) is 11.5 Å². The van der Waals surface area contributed by atoms with Gasteiger partial charge in [0, 0.05) is 12.3 Å². The molecule has 0 aliphatic rings. The normalized spacial score (nSPS) is 10.6. The van der Waals surface area contributed by atoms with Gasteiger partial charge in [-0.05, 0) is 16.7 Å². The highest BCUT2D eigenvalue weighted by Gasteiger charge is 2.14. The first kappa shape index (κ1) is 13.5. The molecule has 3 aromatic rings. The van der Waals surface area contributed by atoms with Gasteiger partial charge in [-0.15, -0.1) is 21.5 Å². The van der Waals surface area contributed by atoms with Crippen LogP contribution in [0, 0.1) is 0 Å². The van der Waals surface area contributed by atoms with Gasteiger partial charge in [-0.25, -0.2) is 0 Å². The summed E-state index contributed by atoms with van der Waals surface area (Å²) < 4.78 is 10.6. The molecule has 0 aliphatic carbocycles. The third-order valence-corrected chi connectivity index (χ3v) is 3.72. The van der Waals surface area contributed by atoms with Crippen LogP contribution >= 0.6 is 11.3 Å². The minimum absolute atomic E-state index is 0.360. The maximum atomic E-state index is 5.34. The number of ether oxygens (including phenoxy) is 2. The molecule has 3 aromatic heterocycles. The van der Waals surface area contributed by atoms with Crippen LogP contribution in [0.2, 0.25) is 0 Å². The molecule has 0 radical (unpaired) electrons. The fourth-order valence-electron chi connectivity index (χ4n) is 1.91. The van der Waals surface area contributed by atoms with Crippen molar-refractivity contribution < 1.29 is 9.47 Å². The zero-order chi connectivity index (χ0) is 14.7. The van der Waals surface area contributed by atoms with Gasteiger partial charge in [0.05, 0.1) is 19.1 Å². The lowest BCUT2D eigenvalue weighted by atomic mass is 10.3. The largest absolute Gasteiger partial charge is 0.493 e. The molecule has 0 saturated carbocycles. The molecular formula is C13H13N5O2S. The van der Waals surface area contributed by atoms with Crippen molar-refractivity contribution in [1.29, 1.82) is 0 Å². The zero-order valence-electron chi connectivity index (χ0n) is 11.6. The van der Waals surface area contributed by atoms with Crippen molar-refractivity contribution in [3.05, 3.63) is 35.5 Å². The summed E-state index contributed by atoms with van der Waals surface area (Å²) in [5.74, 6) is 1.81. The molecule has 108 valence electrons. The Morgan fingerprint density at radius 3 is 2.86 bits per heavy atom. The number of hydrogen-bond donors (Lipinski definition) is 0. The molecule has 0 unspecified atom stereocenters. The second-order valence-electron chi connectivity index (χ2n) is 4.11. The molecule has 0 aliphatic heterocycles. The fourth-order valence-corrected chi connectivity index (χ4v) is 2.56. The van der Waals surface area contributed by atoms with E-state index in [0.717, 1.165) is 4.88 Å². The molecule has 0 fully saturated rings. The number of methoxy groups -OCH3 is 2. The average molecular weight is 303 g/mol. The van der Waals surface area contributed by atoms with Gasteiger partial charge in [-0.2, -0.15) is 4.80 Å². The van der Waals surface area contributed by atoms with E-state index in [4.69, 9.17) is 9.47 Å². The van der Waals surface area contributed by atoms with E-state index in [2.05, 4.69) is 20.4 Å². The van der Waals surface area contributed by atoms with Crippen molar-refractivity contribution in [2.75, 3.05) is 14.2 Å². The fraction of sp³-hybridized carbons (Fsp3) is 0.231. The van der Waals surface area contributed by atoms with E-state index >= 15 is 0 Å². The molecule has 0 aromatic carbocycles. The molecule has 0 amide bonds. The third kappa shape index (κ3) is 2.70. The molecule has 21 heavy (non-hydrogen) atoms. The summed E-state index contributed by atoms with van der Waals surface area (Å²) >= 11 is 1.57. The average Bonchev–Trinajstić information content (AvgIpc) is 3.17. The standard InChI is InChI=1S/C13H13N5O2S/c1-19-10-5-6-14-9(12(10)20-2)8-18-16-13(15-17-18)11-4-3-7-21-11/h3-7H,8H2,1-2H3. The SMILES string of the molecule is COc1ccnc(Cn2nnc(-c3cccs3)n2)c1OC. The van der Waals surface area contributed by atoms with Gasteiger partial charge < -0.3 is 9.47 Å². The summed E-state index contributed by atoms with van der Waals surface area (Å²) in [5, 5.41) is 14.4. The summed E-state index contributed by atoms with van der Waals surface area (Å²) in [6.45, 7) is 0.360. The molecule has 3 rings (SSSR count). The second-order valence-corrected chi connectivity index (χ2v) is 5.06. The molecule has 0 bridgehead atoms. The Morgan fingerprint density at radius 2 is 2.14 bits per heavy atom. The van der Waals surface area contributed by atoms with E-state index in [1.807, 2.05) is 17.5 Å². The first-order valence-electron chi connectivity index (χ1n) is 6.19. The van der Waals surface area contributed by atoms with Crippen molar-refractivity contribution in [1.82, 2.24) is 25.2 Å². The highest BCUT2D eigenvalue weighted by Crippen LogP contribution is 2.29. The summed E-state index contributed by atoms with van der Waals surface area (Å²) in [5.41, 5.74) is 0.687. The number of tetrazole rings is 1. The number of thiophene rings is 1. The maximum absolute atomic E-state index is 5.34. The predicted octanol–water partition coefficient (Wildman–Crippen LogP) is 1.86. The molecular weight excluding hydrogens is 290 g/mol. The number of aromatic nitrogens is 5. The Bertz CT molecular complexity index is 726. The Hall–Kier alpha value is -2.48. The van der Waals surface area contributed by atoms with Gasteiger partial charge >= 0.3 is 0 Å².